The van der Waals surface area contributed by atoms with Crippen molar-refractivity contribution in [3.05, 3.63) is 35.9 Å². The van der Waals surface area contributed by atoms with E-state index < -0.39 is 5.54 Å². The number of nitrogens with zero attached hydrogens (tertiary/aromatic N) is 2. The second kappa shape index (κ2) is 7.84. The van der Waals surface area contributed by atoms with Gasteiger partial charge < -0.3 is 15.0 Å². The number of hydrogen-bond donors (Lipinski definition) is 1. The van der Waals surface area contributed by atoms with Gasteiger partial charge in [-0.2, -0.15) is 0 Å². The Bertz CT molecular complexity index is 719. The summed E-state index contributed by atoms with van der Waals surface area (Å²) < 4.78 is 5.61. The Morgan fingerprint density at radius 3 is 2.43 bits per heavy atom. The molecule has 3 aliphatic rings. The van der Waals surface area contributed by atoms with Gasteiger partial charge in [-0.05, 0) is 24.8 Å². The van der Waals surface area contributed by atoms with Gasteiger partial charge in [-0.1, -0.05) is 30.3 Å². The van der Waals surface area contributed by atoms with Crippen molar-refractivity contribution in [1.29, 1.82) is 0 Å². The fraction of sp³-hybridized carbons (Fsp3) is 0.636. The van der Waals surface area contributed by atoms with Gasteiger partial charge in [0.15, 0.2) is 0 Å². The highest BCUT2D eigenvalue weighted by Crippen LogP contribution is 2.49. The first-order valence-electron chi connectivity index (χ1n) is 10.4. The number of carbonyl (C=O) groups excluding carboxylic acids is 2. The summed E-state index contributed by atoms with van der Waals surface area (Å²) in [5, 5.41) is 3.31. The normalized spacial score (nSPS) is 31.4. The Hall–Kier alpha value is -1.92. The topological polar surface area (TPSA) is 61.9 Å². The monoisotopic (exact) mass is 385 g/mol. The number of nitrogens with one attached hydrogen (secondary N) is 1. The molecule has 0 aliphatic carbocycles. The first kappa shape index (κ1) is 19.4. The van der Waals surface area contributed by atoms with Gasteiger partial charge in [-0.25, -0.2) is 0 Å². The van der Waals surface area contributed by atoms with Crippen LogP contribution in [0.4, 0.5) is 0 Å². The van der Waals surface area contributed by atoms with Crippen molar-refractivity contribution >= 4 is 11.8 Å². The average molecular weight is 386 g/mol. The van der Waals surface area contributed by atoms with Gasteiger partial charge >= 0.3 is 0 Å². The van der Waals surface area contributed by atoms with E-state index >= 15 is 0 Å². The molecule has 3 atom stereocenters. The largest absolute Gasteiger partial charge is 0.381 e. The molecular weight excluding hydrogens is 354 g/mol. The van der Waals surface area contributed by atoms with Crippen molar-refractivity contribution in [3.63, 3.8) is 0 Å². The van der Waals surface area contributed by atoms with Gasteiger partial charge in [0.1, 0.15) is 0 Å². The van der Waals surface area contributed by atoms with Crippen LogP contribution in [0.3, 0.4) is 0 Å². The van der Waals surface area contributed by atoms with Crippen molar-refractivity contribution in [2.24, 2.45) is 5.92 Å². The van der Waals surface area contributed by atoms with E-state index in [9.17, 15) is 9.59 Å². The van der Waals surface area contributed by atoms with Gasteiger partial charge in [-0.15, -0.1) is 0 Å². The minimum Gasteiger partial charge on any atom is -0.381 e. The molecule has 1 aromatic rings. The number of hydrogen-bond acceptors (Lipinski definition) is 4. The number of amides is 2. The van der Waals surface area contributed by atoms with E-state index in [4.69, 9.17) is 4.74 Å². The van der Waals surface area contributed by atoms with Crippen LogP contribution in [0.25, 0.3) is 0 Å². The van der Waals surface area contributed by atoms with Crippen LogP contribution >= 0.6 is 0 Å². The maximum atomic E-state index is 12.2. The predicted octanol–water partition coefficient (Wildman–Crippen LogP) is 1.97. The summed E-state index contributed by atoms with van der Waals surface area (Å²) in [5.74, 6) is 0.359. The zero-order valence-corrected chi connectivity index (χ0v) is 16.9. The smallest absolute Gasteiger partial charge is 0.219 e. The van der Waals surface area contributed by atoms with E-state index in [1.807, 2.05) is 4.90 Å². The summed E-state index contributed by atoms with van der Waals surface area (Å²) in [6, 6.07) is 11.4. The number of likely N-dealkylation sites (tertiary alicyclic amines) is 2. The molecule has 3 saturated heterocycles. The first-order chi connectivity index (χ1) is 13.5. The van der Waals surface area contributed by atoms with Crippen LogP contribution in [0.1, 0.15) is 44.7 Å². The molecular formula is C22H31N3O3. The predicted molar refractivity (Wildman–Crippen MR) is 107 cm³/mol. The Labute approximate surface area is 167 Å². The van der Waals surface area contributed by atoms with Crippen molar-refractivity contribution in [2.75, 3.05) is 32.8 Å². The summed E-state index contributed by atoms with van der Waals surface area (Å²) in [7, 11) is 0. The summed E-state index contributed by atoms with van der Waals surface area (Å²) >= 11 is 0. The van der Waals surface area contributed by atoms with Crippen LogP contribution in [0.15, 0.2) is 30.3 Å². The standard InChI is InChI=1S/C22H31N3O3/c1-16(26)23-22-14-24(17(2)27)11-8-20(22)21(18-6-4-3-5-7-18)25(15-22)19-9-12-28-13-10-19/h3-7,19-21H,8-15H2,1-2H3,(H,23,26)/t20-,21-,22-/m1/s1. The second-order valence-corrected chi connectivity index (χ2v) is 8.54. The van der Waals surface area contributed by atoms with E-state index in [2.05, 4.69) is 40.5 Å². The Kier molecular flexibility index (Phi) is 5.43. The van der Waals surface area contributed by atoms with E-state index in [0.717, 1.165) is 45.6 Å². The molecule has 2 amide bonds. The Morgan fingerprint density at radius 1 is 1.07 bits per heavy atom. The zero-order chi connectivity index (χ0) is 19.7. The van der Waals surface area contributed by atoms with Gasteiger partial charge in [0, 0.05) is 64.7 Å². The molecule has 0 spiro atoms. The fourth-order valence-corrected chi connectivity index (χ4v) is 5.63. The molecule has 3 heterocycles. The van der Waals surface area contributed by atoms with Crippen LogP contribution < -0.4 is 5.32 Å². The number of benzene rings is 1. The molecule has 0 bridgehead atoms. The molecule has 4 rings (SSSR count). The molecule has 3 aliphatic heterocycles. The SMILES string of the molecule is CC(=O)N[C@@]12CN(C(C)=O)CC[C@@H]1[C@@H](c1ccccc1)N(C1CCOCC1)C2. The average Bonchev–Trinajstić information content (AvgIpc) is 3.02. The number of piperidine rings is 1. The Morgan fingerprint density at radius 2 is 1.79 bits per heavy atom. The second-order valence-electron chi connectivity index (χ2n) is 8.54. The van der Waals surface area contributed by atoms with E-state index in [1.54, 1.807) is 13.8 Å². The van der Waals surface area contributed by atoms with Gasteiger partial charge in [-0.3, -0.25) is 14.5 Å². The van der Waals surface area contributed by atoms with Crippen LogP contribution in [0.5, 0.6) is 0 Å². The molecule has 1 aromatic carbocycles. The summed E-state index contributed by atoms with van der Waals surface area (Å²) in [4.78, 5) is 28.8. The first-order valence-corrected chi connectivity index (χ1v) is 10.4. The summed E-state index contributed by atoms with van der Waals surface area (Å²) in [5.41, 5.74) is 0.914. The van der Waals surface area contributed by atoms with Crippen molar-refractivity contribution in [3.8, 4) is 0 Å². The lowest BCUT2D eigenvalue weighted by atomic mass is 9.75. The lowest BCUT2D eigenvalue weighted by Gasteiger charge is -2.45. The van der Waals surface area contributed by atoms with Gasteiger partial charge in [0.25, 0.3) is 0 Å². The minimum atomic E-state index is -0.394. The van der Waals surface area contributed by atoms with Gasteiger partial charge in [0.05, 0.1) is 5.54 Å². The van der Waals surface area contributed by atoms with Crippen LogP contribution in [-0.2, 0) is 14.3 Å². The van der Waals surface area contributed by atoms with Crippen molar-refractivity contribution < 1.29 is 14.3 Å². The molecule has 1 N–H and O–H groups in total. The number of fused-ring (bicyclic) bond motifs is 1. The third-order valence-corrected chi connectivity index (χ3v) is 6.77. The molecule has 0 saturated carbocycles. The van der Waals surface area contributed by atoms with E-state index in [-0.39, 0.29) is 23.8 Å². The summed E-state index contributed by atoms with van der Waals surface area (Å²) in [6.45, 7) is 6.93. The number of rotatable bonds is 3. The molecule has 0 aromatic heterocycles. The molecule has 0 unspecified atom stereocenters. The number of carbonyl (C=O) groups is 2. The van der Waals surface area contributed by atoms with Gasteiger partial charge in [0.2, 0.25) is 11.8 Å². The van der Waals surface area contributed by atoms with Crippen LogP contribution in [0.2, 0.25) is 0 Å². The molecule has 6 heteroatoms. The highest BCUT2D eigenvalue weighted by atomic mass is 16.5. The van der Waals surface area contributed by atoms with E-state index in [0.29, 0.717) is 12.6 Å². The molecule has 3 fully saturated rings. The molecule has 152 valence electrons. The highest BCUT2D eigenvalue weighted by molar-refractivity contribution is 5.76. The molecule has 28 heavy (non-hydrogen) atoms. The van der Waals surface area contributed by atoms with Crippen molar-refractivity contribution in [1.82, 2.24) is 15.1 Å². The van der Waals surface area contributed by atoms with Crippen molar-refractivity contribution in [2.45, 2.75) is 50.7 Å². The maximum absolute atomic E-state index is 12.2. The third-order valence-electron chi connectivity index (χ3n) is 6.77. The Balaban J connectivity index is 1.73. The van der Waals surface area contributed by atoms with Crippen LogP contribution in [0, 0.1) is 5.92 Å². The lowest BCUT2D eigenvalue weighted by Crippen LogP contribution is -2.64. The maximum Gasteiger partial charge on any atom is 0.219 e. The van der Waals surface area contributed by atoms with Crippen LogP contribution in [-0.4, -0.2) is 66.0 Å². The highest BCUT2D eigenvalue weighted by Gasteiger charge is 2.57. The zero-order valence-electron chi connectivity index (χ0n) is 16.9. The molecule has 6 nitrogen and oxygen atoms in total. The summed E-state index contributed by atoms with van der Waals surface area (Å²) in [6.07, 6.45) is 2.93. The minimum absolute atomic E-state index is 0.0176. The fourth-order valence-electron chi connectivity index (χ4n) is 5.63. The van der Waals surface area contributed by atoms with E-state index in [1.165, 1.54) is 5.56 Å². The third kappa shape index (κ3) is 3.55. The lowest BCUT2D eigenvalue weighted by molar-refractivity contribution is -0.134. The molecule has 0 radical (unpaired) electrons. The quantitative estimate of drug-likeness (QED) is 0.864. The number of ether oxygens (including phenoxy) is 1.